The first-order valence-corrected chi connectivity index (χ1v) is 13.9. The SMILES string of the molecule is CCOC(=O)C1=NN(c2ccc(OC)cc2)[C@@]2(S1)c1ccccc1C(c1ccc(Cl)cc1)=NN2c1ccccc1. The molecule has 7 nitrogen and oxygen atoms in total. The summed E-state index contributed by atoms with van der Waals surface area (Å²) >= 11 is 7.53. The van der Waals surface area contributed by atoms with Gasteiger partial charge in [0.1, 0.15) is 5.75 Å². The van der Waals surface area contributed by atoms with Crippen LogP contribution in [0.3, 0.4) is 0 Å². The van der Waals surface area contributed by atoms with Crippen molar-refractivity contribution < 1.29 is 14.3 Å². The molecule has 0 aliphatic carbocycles. The summed E-state index contributed by atoms with van der Waals surface area (Å²) in [5.41, 5.74) is 5.12. The number of anilines is 2. The number of thioether (sulfide) groups is 1. The van der Waals surface area contributed by atoms with E-state index in [-0.39, 0.29) is 11.7 Å². The summed E-state index contributed by atoms with van der Waals surface area (Å²) in [4.78, 5) is 12.1. The van der Waals surface area contributed by atoms with E-state index in [9.17, 15) is 4.79 Å². The Kier molecular flexibility index (Phi) is 6.96. The highest BCUT2D eigenvalue weighted by atomic mass is 35.5. The van der Waals surface area contributed by atoms with Crippen LogP contribution in [0.1, 0.15) is 23.6 Å². The average molecular weight is 569 g/mol. The van der Waals surface area contributed by atoms with Crippen molar-refractivity contribution in [1.29, 1.82) is 0 Å². The highest BCUT2D eigenvalue weighted by Crippen LogP contribution is 2.55. The first-order valence-electron chi connectivity index (χ1n) is 12.7. The van der Waals surface area contributed by atoms with Crippen LogP contribution >= 0.6 is 23.4 Å². The van der Waals surface area contributed by atoms with Gasteiger partial charge in [0, 0.05) is 21.7 Å². The molecule has 0 fully saturated rings. The molecule has 0 amide bonds. The van der Waals surface area contributed by atoms with Crippen LogP contribution in [0.15, 0.2) is 113 Å². The molecular formula is C31H25ClN4O3S. The number of rotatable bonds is 6. The minimum atomic E-state index is -1.08. The highest BCUT2D eigenvalue weighted by Gasteiger charge is 2.56. The molecule has 0 radical (unpaired) electrons. The number of esters is 1. The zero-order valence-electron chi connectivity index (χ0n) is 21.8. The van der Waals surface area contributed by atoms with Crippen molar-refractivity contribution in [1.82, 2.24) is 0 Å². The maximum atomic E-state index is 13.1. The van der Waals surface area contributed by atoms with E-state index in [0.29, 0.717) is 10.8 Å². The molecule has 2 heterocycles. The summed E-state index contributed by atoms with van der Waals surface area (Å²) in [5.74, 6) is 0.229. The minimum Gasteiger partial charge on any atom is -0.497 e. The monoisotopic (exact) mass is 568 g/mol. The Hall–Kier alpha value is -4.27. The zero-order chi connectivity index (χ0) is 27.7. The average Bonchev–Trinajstić information content (AvgIpc) is 3.40. The third-order valence-corrected chi connectivity index (χ3v) is 8.17. The van der Waals surface area contributed by atoms with Gasteiger partial charge in [-0.15, -0.1) is 0 Å². The summed E-state index contributed by atoms with van der Waals surface area (Å²) in [7, 11) is 1.63. The van der Waals surface area contributed by atoms with Gasteiger partial charge in [0.05, 0.1) is 30.8 Å². The van der Waals surface area contributed by atoms with E-state index in [1.165, 1.54) is 11.8 Å². The molecule has 200 valence electrons. The van der Waals surface area contributed by atoms with E-state index < -0.39 is 11.0 Å². The Bertz CT molecular complexity index is 1610. The fourth-order valence-corrected chi connectivity index (χ4v) is 6.24. The van der Waals surface area contributed by atoms with Gasteiger partial charge in [-0.2, -0.15) is 10.2 Å². The van der Waals surface area contributed by atoms with Crippen LogP contribution < -0.4 is 14.8 Å². The maximum Gasteiger partial charge on any atom is 0.365 e. The second-order valence-corrected chi connectivity index (χ2v) is 10.6. The number of hydrogen-bond acceptors (Lipinski definition) is 8. The summed E-state index contributed by atoms with van der Waals surface area (Å²) in [6.45, 7) is 2.02. The molecule has 4 aromatic carbocycles. The third-order valence-electron chi connectivity index (χ3n) is 6.62. The number of fused-ring (bicyclic) bond motifs is 2. The van der Waals surface area contributed by atoms with Gasteiger partial charge in [0.15, 0.2) is 0 Å². The van der Waals surface area contributed by atoms with Crippen LogP contribution in [0.4, 0.5) is 11.4 Å². The topological polar surface area (TPSA) is 66.7 Å². The third kappa shape index (κ3) is 4.39. The number of ether oxygens (including phenoxy) is 2. The lowest BCUT2D eigenvalue weighted by atomic mass is 9.93. The number of hydrazone groups is 2. The molecule has 4 aromatic rings. The Balaban J connectivity index is 1.63. The van der Waals surface area contributed by atoms with Gasteiger partial charge in [0.25, 0.3) is 0 Å². The largest absolute Gasteiger partial charge is 0.497 e. The van der Waals surface area contributed by atoms with E-state index in [1.807, 2.05) is 107 Å². The fraction of sp³-hybridized carbons (Fsp3) is 0.129. The standard InChI is InChI=1S/C31H25ClN4O3S/c1-3-39-30(37)29-34-36(24-17-19-25(38-2)20-18-24)31(40-29)27-12-8-7-11-26(27)28(21-13-15-22(32)16-14-21)33-35(31)23-9-5-4-6-10-23/h4-20H,3H2,1-2H3/t31-/m1/s1. The molecule has 1 atom stereocenters. The number of carbonyl (C=O) groups excluding carboxylic acids is 1. The molecule has 40 heavy (non-hydrogen) atoms. The number of benzene rings is 4. The van der Waals surface area contributed by atoms with Crippen LogP contribution in [0.2, 0.25) is 5.02 Å². The normalized spacial score (nSPS) is 17.8. The van der Waals surface area contributed by atoms with Crippen molar-refractivity contribution >= 4 is 51.5 Å². The predicted octanol–water partition coefficient (Wildman–Crippen LogP) is 6.86. The second kappa shape index (κ2) is 10.7. The molecule has 2 aliphatic heterocycles. The first kappa shape index (κ1) is 26.0. The van der Waals surface area contributed by atoms with Gasteiger partial charge in [0.2, 0.25) is 10.0 Å². The van der Waals surface area contributed by atoms with Gasteiger partial charge >= 0.3 is 5.97 Å². The van der Waals surface area contributed by atoms with Crippen molar-refractivity contribution in [2.45, 2.75) is 11.9 Å². The Labute approximate surface area is 241 Å². The van der Waals surface area contributed by atoms with Crippen LogP contribution in [-0.4, -0.2) is 30.4 Å². The number of methoxy groups -OCH3 is 1. The van der Waals surface area contributed by atoms with Crippen molar-refractivity contribution in [3.05, 3.63) is 125 Å². The van der Waals surface area contributed by atoms with E-state index in [0.717, 1.165) is 33.8 Å². The summed E-state index contributed by atoms with van der Waals surface area (Å²) < 4.78 is 10.8. The summed E-state index contributed by atoms with van der Waals surface area (Å²) in [5, 5.41) is 14.8. The van der Waals surface area contributed by atoms with Crippen LogP contribution in [0.25, 0.3) is 0 Å². The lowest BCUT2D eigenvalue weighted by Crippen LogP contribution is -2.54. The Morgan fingerprint density at radius 2 is 1.50 bits per heavy atom. The quantitative estimate of drug-likeness (QED) is 0.237. The van der Waals surface area contributed by atoms with Gasteiger partial charge in [-0.25, -0.2) is 14.8 Å². The lowest BCUT2D eigenvalue weighted by Gasteiger charge is -2.47. The fourth-order valence-electron chi connectivity index (χ4n) is 4.82. The molecule has 0 N–H and O–H groups in total. The van der Waals surface area contributed by atoms with Crippen LogP contribution in [0, 0.1) is 0 Å². The summed E-state index contributed by atoms with van der Waals surface area (Å²) in [6, 6.07) is 33.2. The van der Waals surface area contributed by atoms with Gasteiger partial charge in [-0.1, -0.05) is 66.2 Å². The number of nitrogens with zero attached hydrogens (tertiary/aromatic N) is 4. The zero-order valence-corrected chi connectivity index (χ0v) is 23.4. The molecule has 0 saturated heterocycles. The molecule has 6 rings (SSSR count). The lowest BCUT2D eigenvalue weighted by molar-refractivity contribution is -0.134. The number of carbonyl (C=O) groups is 1. The number of halogens is 1. The van der Waals surface area contributed by atoms with E-state index in [2.05, 4.69) is 6.07 Å². The molecular weight excluding hydrogens is 544 g/mol. The smallest absolute Gasteiger partial charge is 0.365 e. The Morgan fingerprint density at radius 3 is 2.20 bits per heavy atom. The van der Waals surface area contributed by atoms with Crippen LogP contribution in [0.5, 0.6) is 5.75 Å². The summed E-state index contributed by atoms with van der Waals surface area (Å²) in [6.07, 6.45) is 0. The molecule has 9 heteroatoms. The molecule has 0 aromatic heterocycles. The first-order chi connectivity index (χ1) is 19.5. The molecule has 0 saturated carbocycles. The molecule has 1 spiro atoms. The van der Waals surface area contributed by atoms with Gasteiger partial charge in [-0.3, -0.25) is 0 Å². The van der Waals surface area contributed by atoms with Crippen LogP contribution in [-0.2, 0) is 14.5 Å². The van der Waals surface area contributed by atoms with Gasteiger partial charge < -0.3 is 9.47 Å². The molecule has 0 bridgehead atoms. The number of hydrogen-bond donors (Lipinski definition) is 0. The highest BCUT2D eigenvalue weighted by molar-refractivity contribution is 8.16. The van der Waals surface area contributed by atoms with E-state index in [1.54, 1.807) is 14.0 Å². The van der Waals surface area contributed by atoms with E-state index >= 15 is 0 Å². The Morgan fingerprint density at radius 1 is 0.850 bits per heavy atom. The minimum absolute atomic E-state index is 0.235. The predicted molar refractivity (Wildman–Crippen MR) is 161 cm³/mol. The van der Waals surface area contributed by atoms with Gasteiger partial charge in [-0.05, 0) is 67.2 Å². The molecule has 2 aliphatic rings. The second-order valence-electron chi connectivity index (χ2n) is 8.99. The van der Waals surface area contributed by atoms with E-state index in [4.69, 9.17) is 31.3 Å². The van der Waals surface area contributed by atoms with Crippen molar-refractivity contribution in [2.75, 3.05) is 23.7 Å². The van der Waals surface area contributed by atoms with Crippen molar-refractivity contribution in [2.24, 2.45) is 10.2 Å². The molecule has 0 unspecified atom stereocenters. The maximum absolute atomic E-state index is 13.1. The number of para-hydroxylation sites is 1. The van der Waals surface area contributed by atoms with Crippen molar-refractivity contribution in [3.63, 3.8) is 0 Å². The van der Waals surface area contributed by atoms with Crippen molar-refractivity contribution in [3.8, 4) is 5.75 Å².